The summed E-state index contributed by atoms with van der Waals surface area (Å²) < 4.78 is 28.1. The summed E-state index contributed by atoms with van der Waals surface area (Å²) in [5.41, 5.74) is 5.83. The molecule has 1 aliphatic rings. The summed E-state index contributed by atoms with van der Waals surface area (Å²) in [7, 11) is -3.53. The van der Waals surface area contributed by atoms with E-state index in [-0.39, 0.29) is 9.77 Å². The molecule has 0 unspecified atom stereocenters. The molecule has 2 N–H and O–H groups in total. The Kier molecular flexibility index (Phi) is 4.96. The summed E-state index contributed by atoms with van der Waals surface area (Å²) in [5.74, 6) is 0. The molecule has 9 heteroatoms. The van der Waals surface area contributed by atoms with Crippen LogP contribution in [0.3, 0.4) is 0 Å². The number of nitrogens with two attached hydrogens (primary N) is 1. The molecule has 0 amide bonds. The fourth-order valence-corrected chi connectivity index (χ4v) is 5.04. The zero-order valence-corrected chi connectivity index (χ0v) is 14.6. The molecule has 21 heavy (non-hydrogen) atoms. The van der Waals surface area contributed by atoms with Crippen LogP contribution in [0.15, 0.2) is 17.6 Å². The van der Waals surface area contributed by atoms with E-state index in [1.54, 1.807) is 22.5 Å². The van der Waals surface area contributed by atoms with Gasteiger partial charge in [-0.05, 0) is 26.0 Å². The highest BCUT2D eigenvalue weighted by molar-refractivity contribution is 8.02. The Hall–Kier alpha value is -0.640. The number of thiocarbonyl (C=S) groups is 1. The number of imidazole rings is 1. The highest BCUT2D eigenvalue weighted by Crippen LogP contribution is 2.36. The second kappa shape index (κ2) is 6.23. The molecule has 118 valence electrons. The largest absolute Gasteiger partial charge is 0.392 e. The lowest BCUT2D eigenvalue weighted by Gasteiger charge is -2.39. The van der Waals surface area contributed by atoms with E-state index in [9.17, 15) is 8.42 Å². The smallest absolute Gasteiger partial charge is 0.262 e. The SMILES string of the molecule is CCn1cnc(S(=O)(=O)N2CCC(SC)(C(N)=S)CC2)c1. The molecule has 1 fully saturated rings. The summed E-state index contributed by atoms with van der Waals surface area (Å²) in [4.78, 5) is 4.46. The lowest BCUT2D eigenvalue weighted by atomic mass is 9.97. The first-order valence-corrected chi connectivity index (χ1v) is 9.80. The number of hydrogen-bond acceptors (Lipinski definition) is 5. The molecule has 0 bridgehead atoms. The fourth-order valence-electron chi connectivity index (χ4n) is 2.42. The van der Waals surface area contributed by atoms with Gasteiger partial charge in [0.05, 0.1) is 16.1 Å². The first-order chi connectivity index (χ1) is 9.85. The van der Waals surface area contributed by atoms with E-state index < -0.39 is 10.0 Å². The summed E-state index contributed by atoms with van der Waals surface area (Å²) in [6.07, 6.45) is 6.35. The first-order valence-electron chi connectivity index (χ1n) is 6.72. The van der Waals surface area contributed by atoms with Gasteiger partial charge < -0.3 is 10.3 Å². The zero-order chi connectivity index (χ0) is 15.7. The number of aryl methyl sites for hydroxylation is 1. The molecular formula is C12H20N4O2S3. The van der Waals surface area contributed by atoms with Crippen molar-refractivity contribution in [1.82, 2.24) is 13.9 Å². The zero-order valence-electron chi connectivity index (χ0n) is 12.2. The van der Waals surface area contributed by atoms with Crippen molar-refractivity contribution in [2.75, 3.05) is 19.3 Å². The van der Waals surface area contributed by atoms with Crippen molar-refractivity contribution in [2.24, 2.45) is 5.73 Å². The van der Waals surface area contributed by atoms with E-state index in [1.165, 1.54) is 10.6 Å². The predicted octanol–water partition coefficient (Wildman–Crippen LogP) is 1.08. The first kappa shape index (κ1) is 16.7. The fraction of sp³-hybridized carbons (Fsp3) is 0.667. The maximum atomic E-state index is 12.6. The van der Waals surface area contributed by atoms with E-state index in [4.69, 9.17) is 18.0 Å². The van der Waals surface area contributed by atoms with Crippen molar-refractivity contribution < 1.29 is 8.42 Å². The van der Waals surface area contributed by atoms with Crippen LogP contribution in [0.25, 0.3) is 0 Å². The minimum atomic E-state index is -3.53. The molecule has 1 aliphatic heterocycles. The van der Waals surface area contributed by atoms with Crippen LogP contribution >= 0.6 is 24.0 Å². The number of aromatic nitrogens is 2. The van der Waals surface area contributed by atoms with Crippen molar-refractivity contribution >= 4 is 39.0 Å². The summed E-state index contributed by atoms with van der Waals surface area (Å²) in [6, 6.07) is 0. The van der Waals surface area contributed by atoms with Crippen molar-refractivity contribution in [3.8, 4) is 0 Å². The number of nitrogens with zero attached hydrogens (tertiary/aromatic N) is 3. The minimum absolute atomic E-state index is 0.108. The molecule has 2 rings (SSSR count). The summed E-state index contributed by atoms with van der Waals surface area (Å²) >= 11 is 6.75. The number of rotatable bonds is 5. The van der Waals surface area contributed by atoms with E-state index in [2.05, 4.69) is 4.98 Å². The third kappa shape index (κ3) is 3.10. The van der Waals surface area contributed by atoms with Gasteiger partial charge in [-0.2, -0.15) is 16.1 Å². The van der Waals surface area contributed by atoms with Gasteiger partial charge >= 0.3 is 0 Å². The molecule has 0 aliphatic carbocycles. The number of hydrogen-bond donors (Lipinski definition) is 1. The van der Waals surface area contributed by atoms with Crippen molar-refractivity contribution in [1.29, 1.82) is 0 Å². The quantitative estimate of drug-likeness (QED) is 0.802. The van der Waals surface area contributed by atoms with Crippen LogP contribution in [0.5, 0.6) is 0 Å². The van der Waals surface area contributed by atoms with Gasteiger partial charge in [-0.3, -0.25) is 0 Å². The molecule has 0 saturated carbocycles. The van der Waals surface area contributed by atoms with Crippen LogP contribution in [-0.2, 0) is 16.6 Å². The third-order valence-corrected chi connectivity index (χ3v) is 7.66. The summed E-state index contributed by atoms with van der Waals surface area (Å²) in [5, 5.41) is 0.108. The highest BCUT2D eigenvalue weighted by atomic mass is 32.2. The predicted molar refractivity (Wildman–Crippen MR) is 88.9 cm³/mol. The molecule has 0 radical (unpaired) electrons. The van der Waals surface area contributed by atoms with Gasteiger partial charge in [0.15, 0.2) is 5.03 Å². The molecule has 1 saturated heterocycles. The highest BCUT2D eigenvalue weighted by Gasteiger charge is 2.40. The van der Waals surface area contributed by atoms with Gasteiger partial charge in [-0.1, -0.05) is 12.2 Å². The van der Waals surface area contributed by atoms with Crippen LogP contribution in [0.4, 0.5) is 0 Å². The topological polar surface area (TPSA) is 81.2 Å². The minimum Gasteiger partial charge on any atom is -0.392 e. The maximum Gasteiger partial charge on any atom is 0.262 e. The Balaban J connectivity index is 2.16. The van der Waals surface area contributed by atoms with E-state index in [0.717, 1.165) is 0 Å². The average molecular weight is 349 g/mol. The molecular weight excluding hydrogens is 328 g/mol. The molecule has 6 nitrogen and oxygen atoms in total. The number of piperidine rings is 1. The Labute approximate surface area is 135 Å². The number of sulfonamides is 1. The van der Waals surface area contributed by atoms with Crippen LogP contribution in [0.1, 0.15) is 19.8 Å². The third-order valence-electron chi connectivity index (χ3n) is 3.95. The molecule has 0 spiro atoms. The van der Waals surface area contributed by atoms with Crippen molar-refractivity contribution in [3.05, 3.63) is 12.5 Å². The average Bonchev–Trinajstić information content (AvgIpc) is 2.96. The lowest BCUT2D eigenvalue weighted by Crippen LogP contribution is -2.50. The van der Waals surface area contributed by atoms with Crippen LogP contribution in [0.2, 0.25) is 0 Å². The normalized spacial score (nSPS) is 19.5. The second-order valence-electron chi connectivity index (χ2n) is 5.01. The Morgan fingerprint density at radius 3 is 2.57 bits per heavy atom. The Bertz CT molecular complexity index is 618. The van der Waals surface area contributed by atoms with Gasteiger partial charge in [0.25, 0.3) is 10.0 Å². The van der Waals surface area contributed by atoms with Crippen LogP contribution in [-0.4, -0.2) is 51.4 Å². The second-order valence-corrected chi connectivity index (χ2v) is 8.52. The van der Waals surface area contributed by atoms with Gasteiger partial charge in [-0.15, -0.1) is 0 Å². The molecule has 1 aromatic rings. The standard InChI is InChI=1S/C12H20N4O2S3/c1-3-15-8-10(14-9-15)21(17,18)16-6-4-12(20-2,5-7-16)11(13)19/h8-9H,3-7H2,1-2H3,(H2,13,19). The summed E-state index contributed by atoms with van der Waals surface area (Å²) in [6.45, 7) is 3.46. The van der Waals surface area contributed by atoms with Gasteiger partial charge in [-0.25, -0.2) is 13.4 Å². The van der Waals surface area contributed by atoms with E-state index in [0.29, 0.717) is 37.5 Å². The van der Waals surface area contributed by atoms with E-state index >= 15 is 0 Å². The van der Waals surface area contributed by atoms with Crippen LogP contribution in [0, 0.1) is 0 Å². The van der Waals surface area contributed by atoms with Crippen molar-refractivity contribution in [2.45, 2.75) is 36.1 Å². The Morgan fingerprint density at radius 1 is 1.52 bits per heavy atom. The monoisotopic (exact) mass is 348 g/mol. The molecule has 1 aromatic heterocycles. The lowest BCUT2D eigenvalue weighted by molar-refractivity contribution is 0.332. The maximum absolute atomic E-state index is 12.6. The van der Waals surface area contributed by atoms with Gasteiger partial charge in [0, 0.05) is 25.8 Å². The molecule has 0 aromatic carbocycles. The number of thioether (sulfide) groups is 1. The van der Waals surface area contributed by atoms with Gasteiger partial charge in [0.2, 0.25) is 0 Å². The van der Waals surface area contributed by atoms with Crippen molar-refractivity contribution in [3.63, 3.8) is 0 Å². The van der Waals surface area contributed by atoms with Crippen LogP contribution < -0.4 is 5.73 Å². The van der Waals surface area contributed by atoms with E-state index in [1.807, 2.05) is 13.2 Å². The molecule has 2 heterocycles. The Morgan fingerprint density at radius 2 is 2.14 bits per heavy atom. The van der Waals surface area contributed by atoms with Gasteiger partial charge in [0.1, 0.15) is 0 Å². The molecule has 0 atom stereocenters.